The van der Waals surface area contributed by atoms with Crippen molar-refractivity contribution >= 4 is 0 Å². The molecule has 0 aromatic carbocycles. The van der Waals surface area contributed by atoms with Gasteiger partial charge in [-0.3, -0.25) is 0 Å². The molecule has 2 atom stereocenters. The summed E-state index contributed by atoms with van der Waals surface area (Å²) in [4.78, 5) is 0. The van der Waals surface area contributed by atoms with Crippen molar-refractivity contribution in [3.05, 3.63) is 12.2 Å². The molecule has 1 heteroatoms. The van der Waals surface area contributed by atoms with E-state index in [1.54, 1.807) is 0 Å². The Morgan fingerprint density at radius 1 is 1.40 bits per heavy atom. The number of hydrogen-bond acceptors (Lipinski definition) is 1. The van der Waals surface area contributed by atoms with Crippen molar-refractivity contribution in [3.63, 3.8) is 0 Å². The normalized spacial score (nSPS) is 35.0. The van der Waals surface area contributed by atoms with Crippen molar-refractivity contribution in [1.29, 1.82) is 0 Å². The van der Waals surface area contributed by atoms with Crippen LogP contribution in [0.1, 0.15) is 33.1 Å². The molecule has 1 N–H and O–H groups in total. The smallest absolute Gasteiger partial charge is 0.0252 e. The van der Waals surface area contributed by atoms with E-state index in [-0.39, 0.29) is 0 Å². The fourth-order valence-electron chi connectivity index (χ4n) is 1.56. The molecular formula is C9H17N. The highest BCUT2D eigenvalue weighted by Crippen LogP contribution is 2.12. The summed E-state index contributed by atoms with van der Waals surface area (Å²) >= 11 is 0. The van der Waals surface area contributed by atoms with Crippen LogP contribution in [-0.2, 0) is 0 Å². The highest BCUT2D eigenvalue weighted by atomic mass is 14.9. The second-order valence-corrected chi connectivity index (χ2v) is 3.13. The molecule has 0 amide bonds. The summed E-state index contributed by atoms with van der Waals surface area (Å²) in [6, 6.07) is 1.36. The topological polar surface area (TPSA) is 12.0 Å². The number of piperidine rings is 1. The van der Waals surface area contributed by atoms with Crippen LogP contribution in [0.4, 0.5) is 0 Å². The van der Waals surface area contributed by atoms with E-state index in [9.17, 15) is 0 Å². The first kappa shape index (κ1) is 7.80. The molecule has 1 aliphatic heterocycles. The Kier molecular flexibility index (Phi) is 2.94. The van der Waals surface area contributed by atoms with Gasteiger partial charge in [0.1, 0.15) is 0 Å². The summed E-state index contributed by atoms with van der Waals surface area (Å²) in [5, 5.41) is 3.53. The standard InChI is InChI=1S/C9H17N/c1-3-5-9-7-4-6-8(2)10-9/h3,5,8-10H,4,6-7H2,1-2H3/b5-3-/t8-,9+/m0/s1. The van der Waals surface area contributed by atoms with Gasteiger partial charge in [0.2, 0.25) is 0 Å². The zero-order chi connectivity index (χ0) is 7.40. The number of nitrogens with one attached hydrogen (secondary N) is 1. The van der Waals surface area contributed by atoms with Crippen LogP contribution in [0, 0.1) is 0 Å². The highest BCUT2D eigenvalue weighted by molar-refractivity contribution is 4.94. The Morgan fingerprint density at radius 2 is 2.20 bits per heavy atom. The van der Waals surface area contributed by atoms with Gasteiger partial charge >= 0.3 is 0 Å². The Hall–Kier alpha value is -0.300. The van der Waals surface area contributed by atoms with Gasteiger partial charge < -0.3 is 5.32 Å². The van der Waals surface area contributed by atoms with Crippen molar-refractivity contribution in [2.45, 2.75) is 45.2 Å². The van der Waals surface area contributed by atoms with Crippen LogP contribution in [0.25, 0.3) is 0 Å². The van der Waals surface area contributed by atoms with Gasteiger partial charge in [0, 0.05) is 12.1 Å². The lowest BCUT2D eigenvalue weighted by Crippen LogP contribution is -2.39. The summed E-state index contributed by atoms with van der Waals surface area (Å²) in [5.74, 6) is 0. The molecular weight excluding hydrogens is 122 g/mol. The molecule has 1 saturated heterocycles. The first-order valence-corrected chi connectivity index (χ1v) is 4.22. The van der Waals surface area contributed by atoms with E-state index in [1.807, 2.05) is 0 Å². The average Bonchev–Trinajstić information content (AvgIpc) is 1.88. The maximum absolute atomic E-state index is 3.53. The summed E-state index contributed by atoms with van der Waals surface area (Å²) in [7, 11) is 0. The monoisotopic (exact) mass is 139 g/mol. The lowest BCUT2D eigenvalue weighted by molar-refractivity contribution is 0.374. The zero-order valence-corrected chi connectivity index (χ0v) is 6.93. The van der Waals surface area contributed by atoms with Gasteiger partial charge in [-0.05, 0) is 26.7 Å². The van der Waals surface area contributed by atoms with E-state index in [0.717, 1.165) is 6.04 Å². The summed E-state index contributed by atoms with van der Waals surface area (Å²) in [6.07, 6.45) is 8.43. The predicted molar refractivity (Wildman–Crippen MR) is 45.1 cm³/mol. The molecule has 1 rings (SSSR count). The van der Waals surface area contributed by atoms with Crippen LogP contribution in [0.5, 0.6) is 0 Å². The average molecular weight is 139 g/mol. The third kappa shape index (κ3) is 2.14. The van der Waals surface area contributed by atoms with Crippen molar-refractivity contribution in [3.8, 4) is 0 Å². The highest BCUT2D eigenvalue weighted by Gasteiger charge is 2.13. The van der Waals surface area contributed by atoms with Crippen LogP contribution in [0.3, 0.4) is 0 Å². The van der Waals surface area contributed by atoms with E-state index < -0.39 is 0 Å². The number of allylic oxidation sites excluding steroid dienone is 1. The molecule has 0 unspecified atom stereocenters. The van der Waals surface area contributed by atoms with Crippen molar-refractivity contribution in [2.75, 3.05) is 0 Å². The number of hydrogen-bond donors (Lipinski definition) is 1. The maximum Gasteiger partial charge on any atom is 0.0252 e. The molecule has 0 aromatic heterocycles. The van der Waals surface area contributed by atoms with Gasteiger partial charge in [-0.25, -0.2) is 0 Å². The first-order valence-electron chi connectivity index (χ1n) is 4.22. The molecule has 0 bridgehead atoms. The first-order chi connectivity index (χ1) is 4.83. The Morgan fingerprint density at radius 3 is 2.80 bits per heavy atom. The van der Waals surface area contributed by atoms with Crippen LogP contribution in [0.2, 0.25) is 0 Å². The van der Waals surface area contributed by atoms with Gasteiger partial charge in [-0.1, -0.05) is 18.6 Å². The molecule has 0 spiro atoms. The van der Waals surface area contributed by atoms with Crippen molar-refractivity contribution in [1.82, 2.24) is 5.32 Å². The maximum atomic E-state index is 3.53. The second-order valence-electron chi connectivity index (χ2n) is 3.13. The van der Waals surface area contributed by atoms with E-state index >= 15 is 0 Å². The molecule has 1 heterocycles. The molecule has 1 nitrogen and oxygen atoms in total. The molecule has 58 valence electrons. The van der Waals surface area contributed by atoms with E-state index in [4.69, 9.17) is 0 Å². The molecule has 0 aliphatic carbocycles. The SMILES string of the molecule is C/C=C\[C@@H]1CCC[C@H](C)N1. The fourth-order valence-corrected chi connectivity index (χ4v) is 1.56. The van der Waals surface area contributed by atoms with Crippen LogP contribution >= 0.6 is 0 Å². The van der Waals surface area contributed by atoms with Gasteiger partial charge in [0.05, 0.1) is 0 Å². The molecule has 0 radical (unpaired) electrons. The largest absolute Gasteiger partial charge is 0.308 e. The lowest BCUT2D eigenvalue weighted by Gasteiger charge is -2.26. The summed E-state index contributed by atoms with van der Waals surface area (Å²) < 4.78 is 0. The third-order valence-electron chi connectivity index (χ3n) is 2.08. The minimum atomic E-state index is 0.647. The van der Waals surface area contributed by atoms with Crippen LogP contribution in [-0.4, -0.2) is 12.1 Å². The molecule has 10 heavy (non-hydrogen) atoms. The Bertz CT molecular complexity index is 118. The quantitative estimate of drug-likeness (QED) is 0.548. The van der Waals surface area contributed by atoms with Crippen molar-refractivity contribution < 1.29 is 0 Å². The van der Waals surface area contributed by atoms with E-state index in [2.05, 4.69) is 31.3 Å². The zero-order valence-electron chi connectivity index (χ0n) is 6.93. The fraction of sp³-hybridized carbons (Fsp3) is 0.778. The molecule has 0 saturated carbocycles. The minimum absolute atomic E-state index is 0.647. The Labute approximate surface area is 63.5 Å². The molecule has 1 fully saturated rings. The van der Waals surface area contributed by atoms with Gasteiger partial charge in [0.15, 0.2) is 0 Å². The summed E-state index contributed by atoms with van der Waals surface area (Å²) in [6.45, 7) is 4.34. The third-order valence-corrected chi connectivity index (χ3v) is 2.08. The second kappa shape index (κ2) is 3.77. The van der Waals surface area contributed by atoms with Gasteiger partial charge in [-0.2, -0.15) is 0 Å². The van der Waals surface area contributed by atoms with E-state index in [0.29, 0.717) is 6.04 Å². The van der Waals surface area contributed by atoms with Crippen LogP contribution in [0.15, 0.2) is 12.2 Å². The Balaban J connectivity index is 2.32. The number of rotatable bonds is 1. The van der Waals surface area contributed by atoms with Crippen molar-refractivity contribution in [2.24, 2.45) is 0 Å². The van der Waals surface area contributed by atoms with Gasteiger partial charge in [-0.15, -0.1) is 0 Å². The van der Waals surface area contributed by atoms with E-state index in [1.165, 1.54) is 19.3 Å². The minimum Gasteiger partial charge on any atom is -0.308 e. The predicted octanol–water partition coefficient (Wildman–Crippen LogP) is 2.09. The summed E-state index contributed by atoms with van der Waals surface area (Å²) in [5.41, 5.74) is 0. The molecule has 0 aromatic rings. The molecule has 1 aliphatic rings. The van der Waals surface area contributed by atoms with Crippen LogP contribution < -0.4 is 5.32 Å². The lowest BCUT2D eigenvalue weighted by atomic mass is 9.99. The van der Waals surface area contributed by atoms with Gasteiger partial charge in [0.25, 0.3) is 0 Å².